The lowest BCUT2D eigenvalue weighted by molar-refractivity contribution is 0.00463. The highest BCUT2D eigenvalue weighted by Gasteiger charge is 2.63. The summed E-state index contributed by atoms with van der Waals surface area (Å²) in [6.07, 6.45) is 6.46. The summed E-state index contributed by atoms with van der Waals surface area (Å²) in [5.41, 5.74) is 0.441. The van der Waals surface area contributed by atoms with E-state index in [4.69, 9.17) is 5.26 Å². The molecular weight excluding hydrogens is 162 g/mol. The second-order valence-electron chi connectivity index (χ2n) is 5.33. The largest absolute Gasteiger partial charge is 0.393 e. The molecule has 0 aromatic rings. The number of hydrogen-bond donors (Lipinski definition) is 1. The average molecular weight is 177 g/mol. The molecule has 3 aliphatic rings. The van der Waals surface area contributed by atoms with Gasteiger partial charge in [-0.3, -0.25) is 0 Å². The van der Waals surface area contributed by atoms with Crippen molar-refractivity contribution in [3.63, 3.8) is 0 Å². The lowest BCUT2D eigenvalue weighted by atomic mass is 9.69. The number of aliphatic hydroxyl groups is 1. The van der Waals surface area contributed by atoms with Gasteiger partial charge in [0.2, 0.25) is 0 Å². The van der Waals surface area contributed by atoms with E-state index < -0.39 is 0 Å². The molecule has 0 aromatic carbocycles. The number of rotatable bonds is 0. The predicted octanol–water partition coefficient (Wildman–Crippen LogP) is 1.84. The molecule has 0 aliphatic heterocycles. The van der Waals surface area contributed by atoms with Crippen molar-refractivity contribution in [1.29, 1.82) is 5.26 Å². The zero-order valence-electron chi connectivity index (χ0n) is 7.79. The maximum atomic E-state index is 9.98. The smallest absolute Gasteiger partial charge is 0.0661 e. The first kappa shape index (κ1) is 7.82. The van der Waals surface area contributed by atoms with Crippen LogP contribution in [-0.2, 0) is 0 Å². The van der Waals surface area contributed by atoms with Gasteiger partial charge in [-0.1, -0.05) is 0 Å². The Morgan fingerprint density at radius 2 is 1.69 bits per heavy atom. The monoisotopic (exact) mass is 177 g/mol. The molecule has 3 aliphatic carbocycles. The molecule has 0 amide bonds. The van der Waals surface area contributed by atoms with Gasteiger partial charge in [0, 0.05) is 0 Å². The fourth-order valence-corrected chi connectivity index (χ4v) is 3.10. The number of nitrogens with zero attached hydrogens (tertiary/aromatic N) is 1. The SMILES string of the molecule is N#C[C@H]1CC2(CC2)[C@@H](O)CC12CC2. The van der Waals surface area contributed by atoms with E-state index in [9.17, 15) is 5.11 Å². The Kier molecular flexibility index (Phi) is 1.26. The van der Waals surface area contributed by atoms with Gasteiger partial charge in [-0.15, -0.1) is 0 Å². The van der Waals surface area contributed by atoms with Crippen molar-refractivity contribution in [2.45, 2.75) is 44.6 Å². The quantitative estimate of drug-likeness (QED) is 0.613. The van der Waals surface area contributed by atoms with Gasteiger partial charge in [0.05, 0.1) is 18.1 Å². The molecular formula is C11H15NO. The lowest BCUT2D eigenvalue weighted by Gasteiger charge is -2.37. The summed E-state index contributed by atoms with van der Waals surface area (Å²) in [6, 6.07) is 2.46. The number of hydrogen-bond acceptors (Lipinski definition) is 2. The summed E-state index contributed by atoms with van der Waals surface area (Å²) in [7, 11) is 0. The Morgan fingerprint density at radius 3 is 2.15 bits per heavy atom. The molecule has 2 nitrogen and oxygen atoms in total. The summed E-state index contributed by atoms with van der Waals surface area (Å²) in [4.78, 5) is 0. The van der Waals surface area contributed by atoms with Gasteiger partial charge < -0.3 is 5.11 Å². The molecule has 3 saturated carbocycles. The highest BCUT2D eigenvalue weighted by Crippen LogP contribution is 2.68. The molecule has 3 fully saturated rings. The molecule has 0 aromatic heterocycles. The standard InChI is InChI=1S/C11H15NO/c12-7-8-5-11(3-4-11)9(13)6-10(8)1-2-10/h8-9,13H,1-6H2/t8-,9+/m1/s1. The molecule has 0 bridgehead atoms. The van der Waals surface area contributed by atoms with E-state index in [-0.39, 0.29) is 22.9 Å². The van der Waals surface area contributed by atoms with Crippen molar-refractivity contribution in [2.75, 3.05) is 0 Å². The van der Waals surface area contributed by atoms with Crippen LogP contribution in [0.2, 0.25) is 0 Å². The first-order valence-corrected chi connectivity index (χ1v) is 5.29. The minimum atomic E-state index is -0.0976. The van der Waals surface area contributed by atoms with Crippen molar-refractivity contribution < 1.29 is 5.11 Å². The topological polar surface area (TPSA) is 44.0 Å². The highest BCUT2D eigenvalue weighted by atomic mass is 16.3. The van der Waals surface area contributed by atoms with E-state index in [0.717, 1.165) is 25.7 Å². The third-order valence-corrected chi connectivity index (χ3v) is 4.60. The van der Waals surface area contributed by atoms with Gasteiger partial charge in [0.15, 0.2) is 0 Å². The third-order valence-electron chi connectivity index (χ3n) is 4.60. The highest BCUT2D eigenvalue weighted by molar-refractivity contribution is 5.17. The molecule has 0 unspecified atom stereocenters. The average Bonchev–Trinajstić information content (AvgIpc) is 2.95. The van der Waals surface area contributed by atoms with E-state index in [1.54, 1.807) is 0 Å². The van der Waals surface area contributed by atoms with E-state index in [0.29, 0.717) is 0 Å². The Morgan fingerprint density at radius 1 is 1.08 bits per heavy atom. The summed E-state index contributed by atoms with van der Waals surface area (Å²) < 4.78 is 0. The fourth-order valence-electron chi connectivity index (χ4n) is 3.10. The normalized spacial score (nSPS) is 43.1. The van der Waals surface area contributed by atoms with E-state index in [2.05, 4.69) is 6.07 Å². The van der Waals surface area contributed by atoms with E-state index in [1.165, 1.54) is 12.8 Å². The van der Waals surface area contributed by atoms with Crippen molar-refractivity contribution in [2.24, 2.45) is 16.7 Å². The van der Waals surface area contributed by atoms with E-state index >= 15 is 0 Å². The number of aliphatic hydroxyl groups excluding tert-OH is 1. The summed E-state index contributed by atoms with van der Waals surface area (Å²) in [6.45, 7) is 0. The van der Waals surface area contributed by atoms with Crippen LogP contribution in [0, 0.1) is 28.1 Å². The third kappa shape index (κ3) is 0.914. The molecule has 2 spiro atoms. The second kappa shape index (κ2) is 2.09. The zero-order valence-corrected chi connectivity index (χ0v) is 7.79. The second-order valence-corrected chi connectivity index (χ2v) is 5.33. The lowest BCUT2D eigenvalue weighted by Crippen LogP contribution is -2.37. The van der Waals surface area contributed by atoms with Crippen LogP contribution in [0.4, 0.5) is 0 Å². The molecule has 0 radical (unpaired) electrons. The van der Waals surface area contributed by atoms with Gasteiger partial charge in [-0.2, -0.15) is 5.26 Å². The van der Waals surface area contributed by atoms with Gasteiger partial charge in [-0.25, -0.2) is 0 Å². The van der Waals surface area contributed by atoms with Crippen molar-refractivity contribution in [3.05, 3.63) is 0 Å². The summed E-state index contributed by atoms with van der Waals surface area (Å²) >= 11 is 0. The Bertz CT molecular complexity index is 283. The van der Waals surface area contributed by atoms with Crippen LogP contribution >= 0.6 is 0 Å². The van der Waals surface area contributed by atoms with Crippen molar-refractivity contribution in [1.82, 2.24) is 0 Å². The van der Waals surface area contributed by atoms with Gasteiger partial charge >= 0.3 is 0 Å². The van der Waals surface area contributed by atoms with Gasteiger partial charge in [0.25, 0.3) is 0 Å². The van der Waals surface area contributed by atoms with Gasteiger partial charge in [0.1, 0.15) is 0 Å². The van der Waals surface area contributed by atoms with Crippen LogP contribution in [0.1, 0.15) is 38.5 Å². The molecule has 70 valence electrons. The molecule has 2 atom stereocenters. The molecule has 13 heavy (non-hydrogen) atoms. The molecule has 0 heterocycles. The van der Waals surface area contributed by atoms with Gasteiger partial charge in [-0.05, 0) is 49.4 Å². The Balaban J connectivity index is 1.86. The van der Waals surface area contributed by atoms with Crippen molar-refractivity contribution in [3.8, 4) is 6.07 Å². The van der Waals surface area contributed by atoms with Crippen LogP contribution in [-0.4, -0.2) is 11.2 Å². The zero-order chi connectivity index (χ0) is 9.10. The molecule has 1 N–H and O–H groups in total. The fraction of sp³-hybridized carbons (Fsp3) is 0.909. The Hall–Kier alpha value is -0.550. The van der Waals surface area contributed by atoms with Crippen molar-refractivity contribution >= 4 is 0 Å². The summed E-state index contributed by atoms with van der Waals surface area (Å²) in [5.74, 6) is 0.249. The van der Waals surface area contributed by atoms with Crippen LogP contribution in [0.5, 0.6) is 0 Å². The molecule has 0 saturated heterocycles. The van der Waals surface area contributed by atoms with E-state index in [1.807, 2.05) is 0 Å². The van der Waals surface area contributed by atoms with Crippen LogP contribution in [0.15, 0.2) is 0 Å². The van der Waals surface area contributed by atoms with Crippen LogP contribution in [0.25, 0.3) is 0 Å². The first-order chi connectivity index (χ1) is 6.21. The number of nitriles is 1. The maximum Gasteiger partial charge on any atom is 0.0661 e. The minimum Gasteiger partial charge on any atom is -0.393 e. The van der Waals surface area contributed by atoms with Crippen LogP contribution in [0.3, 0.4) is 0 Å². The molecule has 2 heteroatoms. The first-order valence-electron chi connectivity index (χ1n) is 5.29. The Labute approximate surface area is 78.6 Å². The minimum absolute atomic E-state index is 0.0976. The molecule has 3 rings (SSSR count). The summed E-state index contributed by atoms with van der Waals surface area (Å²) in [5, 5.41) is 19.1. The van der Waals surface area contributed by atoms with Crippen LogP contribution < -0.4 is 0 Å². The maximum absolute atomic E-state index is 9.98. The predicted molar refractivity (Wildman–Crippen MR) is 47.7 cm³/mol.